The fourth-order valence-electron chi connectivity index (χ4n) is 18.0. The molecule has 756 valence electrons. The average Bonchev–Trinajstić information content (AvgIpc) is 0.849. The summed E-state index contributed by atoms with van der Waals surface area (Å²) in [5.41, 5.74) is 54.6. The van der Waals surface area contributed by atoms with Gasteiger partial charge in [-0.25, -0.2) is 0 Å². The Labute approximate surface area is 925 Å². The van der Waals surface area contributed by atoms with Crippen molar-refractivity contribution in [2.75, 3.05) is 0 Å². The maximum absolute atomic E-state index is 2.78. The van der Waals surface area contributed by atoms with Crippen LogP contribution in [0.3, 0.4) is 0 Å². The second kappa shape index (κ2) is 55.4. The third-order valence-corrected chi connectivity index (χ3v) is 33.5. The van der Waals surface area contributed by atoms with Gasteiger partial charge in [0.05, 0.1) is 0 Å². The standard InChI is InChI=1S/2C20H20P2.2C19H18P2.4C15H17P/c1-13-11-16(15-3-7-18(21)8-4-15)5-9-19(13)17-6-10-20(22)14(2)12-17;1-13-11-17(7-9-19(13)21)15-3-5-16(6-4-15)18-8-10-20(22)14(2)12-18;1-13-12-16(14-2-7-17(20)8-3-14)6-11-19(13)15-4-9-18(21)10-5-15;1-13-12-17(8-11-19(13)21)16-4-2-14(3-5-16)15-6-9-18(20)10-7-15;1-10-6-11(2)8-13(7-10)15-5-4-14(16)9-12(15)3;1-10-6-11(2)8-14(7-10)13-4-5-15(16)12(3)9-13;1-10-4-5-13(8-11(10)2)15-7-6-14(16)9-12(15)3;1-10-4-5-13(8-11(10)2)14-6-7-15(16)12(3)9-14/h2*3-12H,21-22H2,1-2H3;2*2-12H,20-21H2,1H3;4*4-9H,16H2,1-3H3. The van der Waals surface area contributed by atoms with Crippen LogP contribution in [0.2, 0.25) is 0 Å². The molecule has 12 atom stereocenters. The zero-order chi connectivity index (χ0) is 108. The van der Waals surface area contributed by atoms with Gasteiger partial charge in [-0.3, -0.25) is 0 Å². The Morgan fingerprint density at radius 1 is 0.0933 bits per heavy atom. The van der Waals surface area contributed by atoms with Crippen LogP contribution in [0, 0.1) is 125 Å². The summed E-state index contributed by atoms with van der Waals surface area (Å²) in [6, 6.07) is 145. The van der Waals surface area contributed by atoms with Gasteiger partial charge in [0.1, 0.15) is 0 Å². The van der Waals surface area contributed by atoms with Crippen molar-refractivity contribution in [1.29, 1.82) is 0 Å². The Kier molecular flexibility index (Phi) is 43.1. The predicted octanol–water partition coefficient (Wildman–Crippen LogP) is 33.1. The van der Waals surface area contributed by atoms with Crippen molar-refractivity contribution >= 4 is 175 Å². The first kappa shape index (κ1) is 117. The van der Waals surface area contributed by atoms with Crippen LogP contribution < -0.4 is 63.7 Å². The molecule has 0 nitrogen and oxygen atoms in total. The lowest BCUT2D eigenvalue weighted by Gasteiger charge is -2.11. The molecule has 0 saturated carbocycles. The van der Waals surface area contributed by atoms with Gasteiger partial charge in [0.25, 0.3) is 0 Å². The Balaban J connectivity index is 0.000000143. The summed E-state index contributed by atoms with van der Waals surface area (Å²) in [4.78, 5) is 0. The van der Waals surface area contributed by atoms with E-state index in [1.807, 2.05) is 0 Å². The minimum absolute atomic E-state index is 1.21. The molecule has 150 heavy (non-hydrogen) atoms. The highest BCUT2D eigenvalue weighted by atomic mass is 31.0. The monoisotopic (exact) mass is 2170 g/mol. The number of aryl methyl sites for hydroxylation is 18. The van der Waals surface area contributed by atoms with Gasteiger partial charge in [-0.05, 0) is 400 Å². The van der Waals surface area contributed by atoms with Gasteiger partial charge in [0, 0.05) is 0 Å². The van der Waals surface area contributed by atoms with Crippen molar-refractivity contribution < 1.29 is 0 Å². The van der Waals surface area contributed by atoms with Crippen molar-refractivity contribution in [3.8, 4) is 134 Å². The fourth-order valence-corrected chi connectivity index (χ4v) is 20.5. The highest BCUT2D eigenvalue weighted by molar-refractivity contribution is 7.30. The lowest BCUT2D eigenvalue weighted by molar-refractivity contribution is 1.34. The molecule has 0 heterocycles. The summed E-state index contributed by atoms with van der Waals surface area (Å²) in [7, 11) is 33.0. The van der Waals surface area contributed by atoms with Gasteiger partial charge in [-0.2, -0.15) is 0 Å². The first-order valence-electron chi connectivity index (χ1n) is 50.7. The van der Waals surface area contributed by atoms with E-state index in [0.29, 0.717) is 0 Å². The van der Waals surface area contributed by atoms with Gasteiger partial charge in [0.15, 0.2) is 0 Å². The van der Waals surface area contributed by atoms with Crippen molar-refractivity contribution in [1.82, 2.24) is 0 Å². The Morgan fingerprint density at radius 3 is 0.520 bits per heavy atom. The maximum Gasteiger partial charge on any atom is -0.0154 e. The molecule has 20 rings (SSSR count). The van der Waals surface area contributed by atoms with Gasteiger partial charge in [0.2, 0.25) is 0 Å². The van der Waals surface area contributed by atoms with E-state index in [9.17, 15) is 0 Å². The van der Waals surface area contributed by atoms with Gasteiger partial charge >= 0.3 is 0 Å². The molecule has 0 bridgehead atoms. The van der Waals surface area contributed by atoms with Crippen LogP contribution >= 0.6 is 111 Å². The molecular weight excluding hydrogens is 2030 g/mol. The number of hydrogen-bond donors (Lipinski definition) is 0. The molecule has 0 aromatic heterocycles. The largest absolute Gasteiger partial charge is 0.106 e. The van der Waals surface area contributed by atoms with Gasteiger partial charge in [-0.1, -0.05) is 423 Å². The van der Waals surface area contributed by atoms with E-state index >= 15 is 0 Å². The van der Waals surface area contributed by atoms with Crippen molar-refractivity contribution in [2.24, 2.45) is 0 Å². The molecular formula is C138H144P12. The normalized spacial score (nSPS) is 10.6. The molecule has 20 aromatic carbocycles. The molecule has 0 N–H and O–H groups in total. The summed E-state index contributed by atoms with van der Waals surface area (Å²) in [5.74, 6) is 0. The molecule has 0 aliphatic rings. The molecule has 12 unspecified atom stereocenters. The van der Waals surface area contributed by atoms with E-state index in [0.717, 1.165) is 0 Å². The van der Waals surface area contributed by atoms with Crippen molar-refractivity contribution in [3.63, 3.8) is 0 Å². The maximum atomic E-state index is 2.78. The topological polar surface area (TPSA) is 0 Å². The van der Waals surface area contributed by atoms with Gasteiger partial charge in [-0.15, -0.1) is 111 Å². The minimum Gasteiger partial charge on any atom is -0.106 e. The van der Waals surface area contributed by atoms with Gasteiger partial charge < -0.3 is 0 Å². The summed E-state index contributed by atoms with van der Waals surface area (Å²) in [6.45, 7) is 38.8. The van der Waals surface area contributed by atoms with Crippen LogP contribution in [-0.2, 0) is 0 Å². The lowest BCUT2D eigenvalue weighted by Crippen LogP contribution is -1.96. The second-order valence-corrected chi connectivity index (χ2v) is 47.4. The minimum atomic E-state index is 1.21. The molecule has 20 aromatic rings. The Morgan fingerprint density at radius 2 is 0.253 bits per heavy atom. The first-order valence-corrected chi connectivity index (χ1v) is 57.6. The van der Waals surface area contributed by atoms with E-state index in [2.05, 4.69) is 636 Å². The molecule has 0 fully saturated rings. The number of hydrogen-bond acceptors (Lipinski definition) is 0. The van der Waals surface area contributed by atoms with Crippen LogP contribution in [-0.4, -0.2) is 0 Å². The van der Waals surface area contributed by atoms with Crippen LogP contribution in [0.5, 0.6) is 0 Å². The summed E-state index contributed by atoms with van der Waals surface area (Å²) >= 11 is 0. The molecule has 12 heteroatoms. The third-order valence-electron chi connectivity index (χ3n) is 27.4. The smallest absolute Gasteiger partial charge is 0.0154 e. The van der Waals surface area contributed by atoms with E-state index < -0.39 is 0 Å². The molecule has 0 aliphatic heterocycles. The highest BCUT2D eigenvalue weighted by Gasteiger charge is 2.14. The molecule has 0 saturated heterocycles. The quantitative estimate of drug-likeness (QED) is 0.107. The Hall–Kier alpha value is -10.4. The molecule has 0 radical (unpaired) electrons. The number of benzene rings is 20. The van der Waals surface area contributed by atoms with E-state index in [1.165, 1.54) is 297 Å². The molecule has 0 aliphatic carbocycles. The summed E-state index contributed by atoms with van der Waals surface area (Å²) < 4.78 is 0. The zero-order valence-electron chi connectivity index (χ0n) is 90.0. The SMILES string of the molecule is Cc1cc(-c2ccc(-c3ccc(P)c(C)c3)cc2)ccc1P.Cc1cc(-c2ccc(-c3ccc(P)cc3)cc2)ccc1P.Cc1cc(-c2ccc(-c3ccc(P)cc3)cc2C)ccc1P.Cc1cc(-c2ccc(P)cc2)ccc1-c1ccc(P)cc1.Cc1cc(C)cc(-c2ccc(P)c(C)c2)c1.Cc1cc(C)cc(-c2ccc(P)cc2C)c1.Cc1ccc(-c2ccc(P)c(C)c2)cc1C.Cc1ccc(-c2ccc(P)cc2C)cc1C. The summed E-state index contributed by atoms with van der Waals surface area (Å²) in [6.07, 6.45) is 0. The van der Waals surface area contributed by atoms with E-state index in [-0.39, 0.29) is 0 Å². The fraction of sp³-hybridized carbons (Fsp3) is 0.130. The molecule has 0 spiro atoms. The predicted molar refractivity (Wildman–Crippen MR) is 714 cm³/mol. The van der Waals surface area contributed by atoms with Crippen molar-refractivity contribution in [2.45, 2.75) is 125 Å². The first-order chi connectivity index (χ1) is 71.6. The van der Waals surface area contributed by atoms with Crippen molar-refractivity contribution in [3.05, 3.63) is 501 Å². The number of rotatable bonds is 12. The van der Waals surface area contributed by atoms with Crippen LogP contribution in [0.4, 0.5) is 0 Å². The van der Waals surface area contributed by atoms with Crippen LogP contribution in [0.25, 0.3) is 134 Å². The average molecular weight is 2170 g/mol. The second-order valence-electron chi connectivity index (χ2n) is 39.6. The van der Waals surface area contributed by atoms with Crippen LogP contribution in [0.1, 0.15) is 100 Å². The van der Waals surface area contributed by atoms with Crippen LogP contribution in [0.15, 0.2) is 400 Å². The summed E-state index contributed by atoms with van der Waals surface area (Å²) in [5, 5.41) is 14.9. The zero-order valence-corrected chi connectivity index (χ0v) is 104. The lowest BCUT2D eigenvalue weighted by atomic mass is 9.95. The third kappa shape index (κ3) is 33.3. The Bertz CT molecular complexity index is 7940. The van der Waals surface area contributed by atoms with E-state index in [1.54, 1.807) is 0 Å². The van der Waals surface area contributed by atoms with E-state index in [4.69, 9.17) is 0 Å². The highest BCUT2D eigenvalue weighted by Crippen LogP contribution is 2.36. The molecule has 0 amide bonds.